The lowest BCUT2D eigenvalue weighted by Gasteiger charge is -2.34. The zero-order valence-corrected chi connectivity index (χ0v) is 9.55. The summed E-state index contributed by atoms with van der Waals surface area (Å²) in [5, 5.41) is 0. The fraction of sp³-hybridized carbons (Fsp3) is 1.00. The highest BCUT2D eigenvalue weighted by molar-refractivity contribution is 4.78. The molecule has 1 saturated heterocycles. The highest BCUT2D eigenvalue weighted by atomic mass is 19.1. The molecule has 0 aromatic heterocycles. The fourth-order valence-corrected chi connectivity index (χ4v) is 2.08. The third kappa shape index (κ3) is 4.38. The van der Waals surface area contributed by atoms with E-state index in [1.165, 1.54) is 0 Å². The zero-order chi connectivity index (χ0) is 10.6. The van der Waals surface area contributed by atoms with E-state index in [9.17, 15) is 4.39 Å². The van der Waals surface area contributed by atoms with E-state index in [1.807, 2.05) is 0 Å². The predicted octanol–water partition coefficient (Wildman–Crippen LogP) is 2.09. The van der Waals surface area contributed by atoms with Crippen molar-refractivity contribution in [3.63, 3.8) is 0 Å². The van der Waals surface area contributed by atoms with Gasteiger partial charge in [0.25, 0.3) is 0 Å². The third-order valence-electron chi connectivity index (χ3n) is 2.71. The molecule has 0 spiro atoms. The van der Waals surface area contributed by atoms with Crippen LogP contribution in [0.4, 0.5) is 4.39 Å². The van der Waals surface area contributed by atoms with Crippen LogP contribution in [0.5, 0.6) is 0 Å². The molecule has 14 heavy (non-hydrogen) atoms. The molecule has 0 N–H and O–H groups in total. The molecule has 0 bridgehead atoms. The number of likely N-dealkylation sites (tertiary alicyclic amines) is 1. The van der Waals surface area contributed by atoms with Gasteiger partial charge in [-0.15, -0.1) is 0 Å². The highest BCUT2D eigenvalue weighted by Gasteiger charge is 2.24. The minimum absolute atomic E-state index is 0.562. The normalized spacial score (nSPS) is 21.4. The van der Waals surface area contributed by atoms with Gasteiger partial charge in [0.15, 0.2) is 0 Å². The number of rotatable bonds is 4. The van der Waals surface area contributed by atoms with E-state index in [2.05, 4.69) is 4.90 Å². The van der Waals surface area contributed by atoms with Gasteiger partial charge in [0.1, 0.15) is 5.67 Å². The Morgan fingerprint density at radius 2 is 1.93 bits per heavy atom. The van der Waals surface area contributed by atoms with Gasteiger partial charge in [-0.1, -0.05) is 0 Å². The van der Waals surface area contributed by atoms with E-state index in [0.29, 0.717) is 12.5 Å². The van der Waals surface area contributed by atoms with Gasteiger partial charge >= 0.3 is 0 Å². The van der Waals surface area contributed by atoms with Crippen LogP contribution in [0.3, 0.4) is 0 Å². The van der Waals surface area contributed by atoms with Crippen molar-refractivity contribution in [2.24, 2.45) is 5.92 Å². The van der Waals surface area contributed by atoms with Crippen molar-refractivity contribution in [3.8, 4) is 0 Å². The van der Waals surface area contributed by atoms with Gasteiger partial charge in [-0.2, -0.15) is 0 Å². The first-order valence-electron chi connectivity index (χ1n) is 5.41. The molecule has 1 heterocycles. The first kappa shape index (κ1) is 11.9. The summed E-state index contributed by atoms with van der Waals surface area (Å²) in [5.74, 6) is 0.680. The number of ether oxygens (including phenoxy) is 1. The molecule has 0 aromatic carbocycles. The molecule has 1 fully saturated rings. The van der Waals surface area contributed by atoms with Crippen molar-refractivity contribution in [1.29, 1.82) is 0 Å². The largest absolute Gasteiger partial charge is 0.384 e. The summed E-state index contributed by atoms with van der Waals surface area (Å²) in [6, 6.07) is 0. The van der Waals surface area contributed by atoms with Crippen LogP contribution in [0.15, 0.2) is 0 Å². The number of hydrogen-bond donors (Lipinski definition) is 0. The Bertz CT molecular complexity index is 159. The van der Waals surface area contributed by atoms with E-state index in [1.54, 1.807) is 21.0 Å². The SMILES string of the molecule is COCC1CCN(CC(C)(C)F)CC1. The molecule has 2 nitrogen and oxygen atoms in total. The topological polar surface area (TPSA) is 12.5 Å². The first-order valence-corrected chi connectivity index (χ1v) is 5.41. The van der Waals surface area contributed by atoms with Crippen LogP contribution >= 0.6 is 0 Å². The first-order chi connectivity index (χ1) is 6.51. The summed E-state index contributed by atoms with van der Waals surface area (Å²) in [6.45, 7) is 6.74. The molecule has 1 aliphatic rings. The second-order valence-corrected chi connectivity index (χ2v) is 4.89. The maximum atomic E-state index is 13.4. The maximum Gasteiger partial charge on any atom is 0.118 e. The smallest absolute Gasteiger partial charge is 0.118 e. The predicted molar refractivity (Wildman–Crippen MR) is 56.2 cm³/mol. The lowest BCUT2D eigenvalue weighted by molar-refractivity contribution is 0.0678. The second kappa shape index (κ2) is 5.08. The summed E-state index contributed by atoms with van der Waals surface area (Å²) >= 11 is 0. The Morgan fingerprint density at radius 1 is 1.36 bits per heavy atom. The highest BCUT2D eigenvalue weighted by Crippen LogP contribution is 2.20. The van der Waals surface area contributed by atoms with E-state index >= 15 is 0 Å². The summed E-state index contributed by atoms with van der Waals surface area (Å²) in [5.41, 5.74) is -1.06. The van der Waals surface area contributed by atoms with Crippen LogP contribution in [-0.4, -0.2) is 43.9 Å². The number of nitrogens with zero attached hydrogens (tertiary/aromatic N) is 1. The molecule has 0 aromatic rings. The molecule has 0 aliphatic carbocycles. The van der Waals surface area contributed by atoms with Crippen LogP contribution in [0.25, 0.3) is 0 Å². The number of piperidine rings is 1. The molecule has 0 amide bonds. The van der Waals surface area contributed by atoms with Crippen molar-refractivity contribution in [3.05, 3.63) is 0 Å². The van der Waals surface area contributed by atoms with Crippen LogP contribution in [0.2, 0.25) is 0 Å². The van der Waals surface area contributed by atoms with Crippen molar-refractivity contribution in [1.82, 2.24) is 4.90 Å². The minimum atomic E-state index is -1.06. The Kier molecular flexibility index (Phi) is 4.32. The molecule has 1 rings (SSSR count). The Hall–Kier alpha value is -0.150. The number of methoxy groups -OCH3 is 1. The molecule has 0 radical (unpaired) electrons. The molecule has 0 unspecified atom stereocenters. The van der Waals surface area contributed by atoms with Crippen LogP contribution in [0.1, 0.15) is 26.7 Å². The fourth-order valence-electron chi connectivity index (χ4n) is 2.08. The molecule has 84 valence electrons. The van der Waals surface area contributed by atoms with Gasteiger partial charge in [-0.25, -0.2) is 4.39 Å². The van der Waals surface area contributed by atoms with Crippen molar-refractivity contribution >= 4 is 0 Å². The van der Waals surface area contributed by atoms with Gasteiger partial charge in [0.2, 0.25) is 0 Å². The molecule has 3 heteroatoms. The third-order valence-corrected chi connectivity index (χ3v) is 2.71. The molecule has 0 saturated carbocycles. The van der Waals surface area contributed by atoms with Crippen LogP contribution in [0, 0.1) is 5.92 Å². The molecule has 1 aliphatic heterocycles. The monoisotopic (exact) mass is 203 g/mol. The lowest BCUT2D eigenvalue weighted by Crippen LogP contribution is -2.41. The standard InChI is InChI=1S/C11H22FNO/c1-11(2,12)9-13-6-4-10(5-7-13)8-14-3/h10H,4-9H2,1-3H3. The van der Waals surface area contributed by atoms with Gasteiger partial charge in [0.05, 0.1) is 0 Å². The molecule has 0 atom stereocenters. The van der Waals surface area contributed by atoms with Crippen LogP contribution < -0.4 is 0 Å². The number of halogens is 1. The average Bonchev–Trinajstić information content (AvgIpc) is 2.06. The van der Waals surface area contributed by atoms with Crippen molar-refractivity contribution in [2.75, 3.05) is 33.4 Å². The van der Waals surface area contributed by atoms with Crippen molar-refractivity contribution < 1.29 is 9.13 Å². The van der Waals surface area contributed by atoms with Gasteiger partial charge in [-0.3, -0.25) is 0 Å². The Morgan fingerprint density at radius 3 is 2.36 bits per heavy atom. The van der Waals surface area contributed by atoms with E-state index in [4.69, 9.17) is 4.74 Å². The van der Waals surface area contributed by atoms with Gasteiger partial charge < -0.3 is 9.64 Å². The summed E-state index contributed by atoms with van der Waals surface area (Å²) in [7, 11) is 1.75. The van der Waals surface area contributed by atoms with Crippen molar-refractivity contribution in [2.45, 2.75) is 32.4 Å². The Balaban J connectivity index is 2.22. The lowest BCUT2D eigenvalue weighted by atomic mass is 9.97. The number of alkyl halides is 1. The Labute approximate surface area is 86.4 Å². The summed E-state index contributed by atoms with van der Waals surface area (Å²) < 4.78 is 18.5. The second-order valence-electron chi connectivity index (χ2n) is 4.89. The molecular formula is C11H22FNO. The zero-order valence-electron chi connectivity index (χ0n) is 9.55. The summed E-state index contributed by atoms with van der Waals surface area (Å²) in [6.07, 6.45) is 2.29. The quantitative estimate of drug-likeness (QED) is 0.693. The summed E-state index contributed by atoms with van der Waals surface area (Å²) in [4.78, 5) is 2.21. The van der Waals surface area contributed by atoms with E-state index < -0.39 is 5.67 Å². The minimum Gasteiger partial charge on any atom is -0.384 e. The van der Waals surface area contributed by atoms with E-state index in [-0.39, 0.29) is 0 Å². The van der Waals surface area contributed by atoms with Crippen LogP contribution in [-0.2, 0) is 4.74 Å². The number of hydrogen-bond acceptors (Lipinski definition) is 2. The molecular weight excluding hydrogens is 181 g/mol. The van der Waals surface area contributed by atoms with Gasteiger partial charge in [-0.05, 0) is 45.7 Å². The van der Waals surface area contributed by atoms with E-state index in [0.717, 1.165) is 32.5 Å². The maximum absolute atomic E-state index is 13.4. The average molecular weight is 203 g/mol. The van der Waals surface area contributed by atoms with Gasteiger partial charge in [0, 0.05) is 20.3 Å².